The zero-order chi connectivity index (χ0) is 23.7. The molecule has 1 aliphatic rings. The lowest BCUT2D eigenvalue weighted by atomic mass is 10.1. The van der Waals surface area contributed by atoms with Crippen molar-refractivity contribution in [1.82, 2.24) is 24.4 Å². The van der Waals surface area contributed by atoms with Gasteiger partial charge in [-0.25, -0.2) is 9.78 Å². The fourth-order valence-electron chi connectivity index (χ4n) is 4.10. The first kappa shape index (κ1) is 22.2. The molecule has 1 fully saturated rings. The van der Waals surface area contributed by atoms with E-state index in [1.54, 1.807) is 6.07 Å². The maximum Gasteiger partial charge on any atom is 0.321 e. The number of piperazine rings is 1. The minimum absolute atomic E-state index is 0.0832. The summed E-state index contributed by atoms with van der Waals surface area (Å²) in [6.07, 6.45) is 0. The second-order valence-corrected chi connectivity index (χ2v) is 9.47. The van der Waals surface area contributed by atoms with E-state index >= 15 is 0 Å². The average molecular weight is 475 g/mol. The van der Waals surface area contributed by atoms with Gasteiger partial charge in [-0.3, -0.25) is 9.69 Å². The molecule has 0 bridgehead atoms. The van der Waals surface area contributed by atoms with E-state index in [9.17, 15) is 9.59 Å². The van der Waals surface area contributed by atoms with Gasteiger partial charge in [0.05, 0.1) is 5.69 Å². The number of hydrogen-bond donors (Lipinski definition) is 1. The molecule has 0 radical (unpaired) electrons. The summed E-state index contributed by atoms with van der Waals surface area (Å²) in [5.74, 6) is 0. The first-order valence-electron chi connectivity index (χ1n) is 11.3. The number of amides is 2. The van der Waals surface area contributed by atoms with E-state index in [0.29, 0.717) is 24.6 Å². The molecule has 5 rings (SSSR count). The Morgan fingerprint density at radius 1 is 1.00 bits per heavy atom. The monoisotopic (exact) mass is 474 g/mol. The van der Waals surface area contributed by atoms with Crippen molar-refractivity contribution in [3.05, 3.63) is 81.8 Å². The Balaban J connectivity index is 1.25. The van der Waals surface area contributed by atoms with Crippen LogP contribution in [0.1, 0.15) is 16.8 Å². The summed E-state index contributed by atoms with van der Waals surface area (Å²) in [4.78, 5) is 34.7. The number of carbonyl (C=O) groups is 1. The van der Waals surface area contributed by atoms with Crippen LogP contribution in [0.2, 0.25) is 0 Å². The highest BCUT2D eigenvalue weighted by molar-refractivity contribution is 7.19. The summed E-state index contributed by atoms with van der Waals surface area (Å²) >= 11 is 1.42. The Bertz CT molecular complexity index is 1400. The topological polar surface area (TPSA) is 82.8 Å². The van der Waals surface area contributed by atoms with Crippen LogP contribution in [0.25, 0.3) is 15.5 Å². The van der Waals surface area contributed by atoms with Gasteiger partial charge in [-0.15, -0.1) is 0 Å². The summed E-state index contributed by atoms with van der Waals surface area (Å²) in [5.41, 5.74) is 4.55. The largest absolute Gasteiger partial charge is 0.322 e. The number of carbonyl (C=O) groups excluding carboxylic acids is 1. The Labute approximate surface area is 201 Å². The molecule has 2 amide bonds. The molecule has 1 N–H and O–H groups in total. The number of benzene rings is 2. The van der Waals surface area contributed by atoms with Crippen LogP contribution in [0, 0.1) is 13.8 Å². The lowest BCUT2D eigenvalue weighted by molar-refractivity contribution is 0.142. The number of para-hydroxylation sites is 1. The molecular formula is C25H26N6O2S. The van der Waals surface area contributed by atoms with Crippen molar-refractivity contribution in [2.75, 3.05) is 31.5 Å². The number of rotatable bonds is 4. The van der Waals surface area contributed by atoms with Crippen LogP contribution in [-0.4, -0.2) is 56.6 Å². The molecule has 9 heteroatoms. The standard InChI is InChI=1S/C25H26N6O2S/c1-17-7-3-5-9-20(17)23-28-31-22(32)15-19(26-25(31)34-23)16-29-11-13-30(14-12-29)24(33)27-21-10-6-4-8-18(21)2/h3-10,15H,11-14,16H2,1-2H3,(H,27,33). The van der Waals surface area contributed by atoms with Crippen LogP contribution < -0.4 is 10.9 Å². The van der Waals surface area contributed by atoms with Crippen molar-refractivity contribution in [2.45, 2.75) is 20.4 Å². The van der Waals surface area contributed by atoms with E-state index in [0.717, 1.165) is 46.2 Å². The van der Waals surface area contributed by atoms with E-state index < -0.39 is 0 Å². The van der Waals surface area contributed by atoms with Gasteiger partial charge < -0.3 is 10.2 Å². The number of aromatic nitrogens is 3. The molecule has 3 heterocycles. The van der Waals surface area contributed by atoms with Crippen LogP contribution in [-0.2, 0) is 6.54 Å². The molecule has 0 atom stereocenters. The van der Waals surface area contributed by atoms with Gasteiger partial charge in [-0.05, 0) is 31.0 Å². The van der Waals surface area contributed by atoms with E-state index in [4.69, 9.17) is 4.98 Å². The predicted octanol–water partition coefficient (Wildman–Crippen LogP) is 3.78. The van der Waals surface area contributed by atoms with Gasteiger partial charge in [0.25, 0.3) is 5.56 Å². The van der Waals surface area contributed by atoms with Gasteiger partial charge in [-0.1, -0.05) is 53.8 Å². The third kappa shape index (κ3) is 4.57. The van der Waals surface area contributed by atoms with E-state index in [-0.39, 0.29) is 11.6 Å². The van der Waals surface area contributed by atoms with Crippen molar-refractivity contribution in [1.29, 1.82) is 0 Å². The minimum atomic E-state index is -0.174. The summed E-state index contributed by atoms with van der Waals surface area (Å²) < 4.78 is 1.38. The maximum absolute atomic E-state index is 12.7. The molecular weight excluding hydrogens is 448 g/mol. The van der Waals surface area contributed by atoms with Gasteiger partial charge in [0.2, 0.25) is 4.96 Å². The second-order valence-electron chi connectivity index (χ2n) is 8.51. The number of anilines is 1. The highest BCUT2D eigenvalue weighted by Crippen LogP contribution is 2.27. The normalized spacial score (nSPS) is 14.5. The lowest BCUT2D eigenvalue weighted by Crippen LogP contribution is -2.49. The molecule has 4 aromatic rings. The van der Waals surface area contributed by atoms with E-state index in [1.165, 1.54) is 15.9 Å². The smallest absolute Gasteiger partial charge is 0.321 e. The zero-order valence-corrected chi connectivity index (χ0v) is 20.0. The Morgan fingerprint density at radius 3 is 2.44 bits per heavy atom. The van der Waals surface area contributed by atoms with Crippen molar-refractivity contribution in [3.63, 3.8) is 0 Å². The average Bonchev–Trinajstić information content (AvgIpc) is 3.26. The number of aryl methyl sites for hydroxylation is 2. The third-order valence-electron chi connectivity index (χ3n) is 6.11. The van der Waals surface area contributed by atoms with Crippen LogP contribution in [0.15, 0.2) is 59.4 Å². The second kappa shape index (κ2) is 9.36. The summed E-state index contributed by atoms with van der Waals surface area (Å²) in [6, 6.07) is 17.2. The molecule has 34 heavy (non-hydrogen) atoms. The SMILES string of the molecule is Cc1ccccc1NC(=O)N1CCN(Cc2cc(=O)n3nc(-c4ccccc4C)sc3n2)CC1. The molecule has 0 spiro atoms. The fourth-order valence-corrected chi connectivity index (χ4v) is 5.12. The number of nitrogens with zero attached hydrogens (tertiary/aromatic N) is 5. The number of nitrogens with one attached hydrogen (secondary N) is 1. The Kier molecular flexibility index (Phi) is 6.12. The Hall–Kier alpha value is -3.56. The molecule has 0 saturated carbocycles. The molecule has 2 aromatic heterocycles. The summed E-state index contributed by atoms with van der Waals surface area (Å²) in [6.45, 7) is 7.26. The van der Waals surface area contributed by atoms with Crippen molar-refractivity contribution >= 4 is 28.0 Å². The Morgan fingerprint density at radius 2 is 1.71 bits per heavy atom. The lowest BCUT2D eigenvalue weighted by Gasteiger charge is -2.34. The first-order chi connectivity index (χ1) is 16.5. The van der Waals surface area contributed by atoms with Gasteiger partial charge in [0, 0.05) is 50.0 Å². The molecule has 8 nitrogen and oxygen atoms in total. The molecule has 1 aliphatic heterocycles. The van der Waals surface area contributed by atoms with Gasteiger partial charge in [0.15, 0.2) is 0 Å². The van der Waals surface area contributed by atoms with Crippen LogP contribution in [0.5, 0.6) is 0 Å². The van der Waals surface area contributed by atoms with E-state index in [1.807, 2.05) is 67.3 Å². The maximum atomic E-state index is 12.7. The highest BCUT2D eigenvalue weighted by Gasteiger charge is 2.22. The van der Waals surface area contributed by atoms with Crippen LogP contribution in [0.4, 0.5) is 10.5 Å². The van der Waals surface area contributed by atoms with Crippen molar-refractivity contribution < 1.29 is 4.79 Å². The molecule has 0 aliphatic carbocycles. The number of hydrogen-bond acceptors (Lipinski definition) is 6. The quantitative estimate of drug-likeness (QED) is 0.487. The molecule has 1 saturated heterocycles. The minimum Gasteiger partial charge on any atom is -0.322 e. The van der Waals surface area contributed by atoms with E-state index in [2.05, 4.69) is 15.3 Å². The number of urea groups is 1. The van der Waals surface area contributed by atoms with Crippen molar-refractivity contribution in [3.8, 4) is 10.6 Å². The zero-order valence-electron chi connectivity index (χ0n) is 19.2. The molecule has 0 unspecified atom stereocenters. The van der Waals surface area contributed by atoms with Crippen LogP contribution >= 0.6 is 11.3 Å². The summed E-state index contributed by atoms with van der Waals surface area (Å²) in [7, 11) is 0. The molecule has 2 aromatic carbocycles. The fraction of sp³-hybridized carbons (Fsp3) is 0.280. The van der Waals surface area contributed by atoms with Crippen molar-refractivity contribution in [2.24, 2.45) is 0 Å². The van der Waals surface area contributed by atoms with Gasteiger partial charge in [-0.2, -0.15) is 9.61 Å². The predicted molar refractivity (Wildman–Crippen MR) is 134 cm³/mol. The molecule has 174 valence electrons. The number of fused-ring (bicyclic) bond motifs is 1. The van der Waals surface area contributed by atoms with Gasteiger partial charge >= 0.3 is 6.03 Å². The van der Waals surface area contributed by atoms with Crippen LogP contribution in [0.3, 0.4) is 0 Å². The third-order valence-corrected chi connectivity index (χ3v) is 7.05. The highest BCUT2D eigenvalue weighted by atomic mass is 32.1. The first-order valence-corrected chi connectivity index (χ1v) is 12.1. The summed E-state index contributed by atoms with van der Waals surface area (Å²) in [5, 5.41) is 8.28. The van der Waals surface area contributed by atoms with Gasteiger partial charge in [0.1, 0.15) is 5.01 Å².